The van der Waals surface area contributed by atoms with Crippen LogP contribution in [0, 0.1) is 6.92 Å². The number of nitrogens with one attached hydrogen (secondary N) is 1. The Hall–Kier alpha value is -2.49. The van der Waals surface area contributed by atoms with Crippen molar-refractivity contribution in [3.05, 3.63) is 36.2 Å². The Morgan fingerprint density at radius 2 is 1.88 bits per heavy atom. The average Bonchev–Trinajstić information content (AvgIpc) is 3.15. The Morgan fingerprint density at radius 3 is 2.56 bits per heavy atom. The summed E-state index contributed by atoms with van der Waals surface area (Å²) in [5.41, 5.74) is 1.02. The van der Waals surface area contributed by atoms with E-state index in [2.05, 4.69) is 19.9 Å². The minimum absolute atomic E-state index is 0.000745. The van der Waals surface area contributed by atoms with Crippen molar-refractivity contribution < 1.29 is 13.2 Å². The second-order valence-corrected chi connectivity index (χ2v) is 8.48. The molecule has 0 unspecified atom stereocenters. The summed E-state index contributed by atoms with van der Waals surface area (Å²) >= 11 is 0. The summed E-state index contributed by atoms with van der Waals surface area (Å²) in [7, 11) is -3.23. The molecule has 0 aliphatic carbocycles. The number of hydrogen-bond acceptors (Lipinski definition) is 7. The highest BCUT2D eigenvalue weighted by Crippen LogP contribution is 2.30. The number of aryl methyl sites for hydroxylation is 1. The van der Waals surface area contributed by atoms with Gasteiger partial charge in [0.1, 0.15) is 5.69 Å². The first kappa shape index (κ1) is 16.0. The molecule has 1 N–H and O–H groups in total. The van der Waals surface area contributed by atoms with Gasteiger partial charge in [-0.1, -0.05) is 0 Å². The molecule has 2 aromatic rings. The van der Waals surface area contributed by atoms with Crippen molar-refractivity contribution in [3.8, 4) is 0 Å². The van der Waals surface area contributed by atoms with Crippen LogP contribution in [-0.2, 0) is 9.84 Å². The van der Waals surface area contributed by atoms with Gasteiger partial charge in [-0.3, -0.25) is 4.79 Å². The van der Waals surface area contributed by atoms with E-state index < -0.39 is 15.9 Å². The summed E-state index contributed by atoms with van der Waals surface area (Å²) in [5.74, 6) is 0.215. The molecule has 0 spiro atoms. The number of nitrogens with zero attached hydrogens (tertiary/aromatic N) is 5. The molecule has 0 radical (unpaired) electrons. The van der Waals surface area contributed by atoms with Gasteiger partial charge in [-0.2, -0.15) is 0 Å². The zero-order chi connectivity index (χ0) is 17.6. The lowest BCUT2D eigenvalue weighted by Gasteiger charge is -2.43. The summed E-state index contributed by atoms with van der Waals surface area (Å²) in [6.45, 7) is 2.66. The molecule has 2 atom stereocenters. The molecule has 0 aromatic carbocycles. The van der Waals surface area contributed by atoms with E-state index in [-0.39, 0.29) is 23.5 Å². The lowest BCUT2D eigenvalue weighted by atomic mass is 10.0. The Kier molecular flexibility index (Phi) is 3.71. The fraction of sp³-hybridized carbons (Fsp3) is 0.467. The van der Waals surface area contributed by atoms with Gasteiger partial charge >= 0.3 is 0 Å². The summed E-state index contributed by atoms with van der Waals surface area (Å²) in [6, 6.07) is 0.947. The second kappa shape index (κ2) is 5.80. The van der Waals surface area contributed by atoms with Crippen molar-refractivity contribution in [2.75, 3.05) is 29.5 Å². The quantitative estimate of drug-likeness (QED) is 0.776. The first-order chi connectivity index (χ1) is 12.0. The maximum absolute atomic E-state index is 12.9. The van der Waals surface area contributed by atoms with Gasteiger partial charge in [0.05, 0.1) is 29.9 Å². The van der Waals surface area contributed by atoms with E-state index in [1.54, 1.807) is 30.3 Å². The number of H-pyrrole nitrogens is 1. The molecular weight excluding hydrogens is 344 g/mol. The van der Waals surface area contributed by atoms with Crippen LogP contribution in [0.5, 0.6) is 0 Å². The topological polar surface area (TPSA) is 112 Å². The first-order valence-corrected chi connectivity index (χ1v) is 9.83. The number of sulfone groups is 1. The molecule has 2 fully saturated rings. The van der Waals surface area contributed by atoms with Crippen molar-refractivity contribution in [2.24, 2.45) is 0 Å². The minimum atomic E-state index is -3.23. The Labute approximate surface area is 145 Å². The third-order valence-electron chi connectivity index (χ3n) is 4.78. The highest BCUT2D eigenvalue weighted by molar-refractivity contribution is 7.91. The molecule has 4 heterocycles. The molecule has 2 saturated heterocycles. The third-order valence-corrected chi connectivity index (χ3v) is 6.48. The number of aromatic amines is 1. The van der Waals surface area contributed by atoms with Crippen molar-refractivity contribution >= 4 is 21.7 Å². The van der Waals surface area contributed by atoms with Crippen LogP contribution in [0.25, 0.3) is 0 Å². The number of rotatable bonds is 2. The van der Waals surface area contributed by atoms with Crippen LogP contribution in [0.1, 0.15) is 16.2 Å². The molecule has 2 aliphatic rings. The van der Waals surface area contributed by atoms with E-state index in [1.165, 1.54) is 6.33 Å². The summed E-state index contributed by atoms with van der Waals surface area (Å²) in [4.78, 5) is 31.9. The van der Waals surface area contributed by atoms with Gasteiger partial charge in [-0.05, 0) is 13.0 Å². The number of imidazole rings is 1. The largest absolute Gasteiger partial charge is 0.348 e. The van der Waals surface area contributed by atoms with Crippen molar-refractivity contribution in [1.29, 1.82) is 0 Å². The van der Waals surface area contributed by atoms with Crippen LogP contribution in [0.4, 0.5) is 5.95 Å². The molecule has 2 aliphatic heterocycles. The predicted molar refractivity (Wildman–Crippen MR) is 90.0 cm³/mol. The number of hydrogen-bond donors (Lipinski definition) is 1. The number of anilines is 1. The number of amides is 1. The van der Waals surface area contributed by atoms with Gasteiger partial charge in [0, 0.05) is 31.2 Å². The Balaban J connectivity index is 1.67. The molecule has 4 rings (SSSR count). The second-order valence-electron chi connectivity index (χ2n) is 6.33. The summed E-state index contributed by atoms with van der Waals surface area (Å²) < 4.78 is 24.5. The minimum Gasteiger partial charge on any atom is -0.348 e. The Bertz CT molecular complexity index is 897. The predicted octanol–water partition coefficient (Wildman–Crippen LogP) is -0.364. The van der Waals surface area contributed by atoms with Crippen LogP contribution in [0.3, 0.4) is 0 Å². The van der Waals surface area contributed by atoms with Crippen LogP contribution in [-0.4, -0.2) is 75.8 Å². The molecule has 0 saturated carbocycles. The van der Waals surface area contributed by atoms with E-state index in [0.29, 0.717) is 30.4 Å². The maximum Gasteiger partial charge on any atom is 0.274 e. The van der Waals surface area contributed by atoms with E-state index in [9.17, 15) is 13.2 Å². The standard InChI is InChI=1S/C15H18N6O3S/c1-10-13(19-9-18-10)14(22)20-5-6-21(15-16-3-2-4-17-15)12-8-25(23,24)7-11(12)20/h2-4,9,11-12H,5-8H2,1H3,(H,18,19)/t11-,12+/m0/s1. The number of carbonyl (C=O) groups excluding carboxylic acids is 1. The van der Waals surface area contributed by atoms with Gasteiger partial charge in [0.25, 0.3) is 5.91 Å². The number of fused-ring (bicyclic) bond motifs is 1. The SMILES string of the molecule is Cc1[nH]cnc1C(=O)N1CCN(c2ncccn2)[C@@H]2CS(=O)(=O)C[C@@H]21. The van der Waals surface area contributed by atoms with E-state index in [0.717, 1.165) is 0 Å². The lowest BCUT2D eigenvalue weighted by molar-refractivity contribution is 0.0641. The molecule has 2 aromatic heterocycles. The van der Waals surface area contributed by atoms with Crippen molar-refractivity contribution in [3.63, 3.8) is 0 Å². The van der Waals surface area contributed by atoms with Crippen LogP contribution < -0.4 is 4.90 Å². The van der Waals surface area contributed by atoms with Crippen molar-refractivity contribution in [2.45, 2.75) is 19.0 Å². The van der Waals surface area contributed by atoms with Crippen LogP contribution in [0.15, 0.2) is 24.8 Å². The molecule has 1 amide bonds. The Morgan fingerprint density at radius 1 is 1.16 bits per heavy atom. The molecule has 25 heavy (non-hydrogen) atoms. The summed E-state index contributed by atoms with van der Waals surface area (Å²) in [5, 5.41) is 0. The van der Waals surface area contributed by atoms with Crippen LogP contribution >= 0.6 is 0 Å². The fourth-order valence-electron chi connectivity index (χ4n) is 3.60. The zero-order valence-corrected chi connectivity index (χ0v) is 14.5. The average molecular weight is 362 g/mol. The number of carbonyl (C=O) groups is 1. The van der Waals surface area contributed by atoms with Gasteiger partial charge < -0.3 is 14.8 Å². The van der Waals surface area contributed by atoms with Gasteiger partial charge in [0.2, 0.25) is 5.95 Å². The van der Waals surface area contributed by atoms with E-state index >= 15 is 0 Å². The summed E-state index contributed by atoms with van der Waals surface area (Å²) in [6.07, 6.45) is 4.73. The number of aromatic nitrogens is 4. The highest BCUT2D eigenvalue weighted by atomic mass is 32.2. The van der Waals surface area contributed by atoms with Crippen molar-refractivity contribution in [1.82, 2.24) is 24.8 Å². The van der Waals surface area contributed by atoms with Crippen LogP contribution in [0.2, 0.25) is 0 Å². The first-order valence-electron chi connectivity index (χ1n) is 8.01. The zero-order valence-electron chi connectivity index (χ0n) is 13.7. The molecular formula is C15H18N6O3S. The normalized spacial score (nSPS) is 25.0. The van der Waals surface area contributed by atoms with E-state index in [1.807, 2.05) is 4.90 Å². The number of piperazine rings is 1. The molecule has 9 nitrogen and oxygen atoms in total. The third kappa shape index (κ3) is 2.76. The van der Waals surface area contributed by atoms with Gasteiger partial charge in [-0.15, -0.1) is 0 Å². The smallest absolute Gasteiger partial charge is 0.274 e. The molecule has 132 valence electrons. The highest BCUT2D eigenvalue weighted by Gasteiger charge is 2.49. The molecule has 10 heteroatoms. The fourth-order valence-corrected chi connectivity index (χ4v) is 5.58. The lowest BCUT2D eigenvalue weighted by Crippen LogP contribution is -2.61. The monoisotopic (exact) mass is 362 g/mol. The molecule has 0 bridgehead atoms. The maximum atomic E-state index is 12.9. The van der Waals surface area contributed by atoms with Gasteiger partial charge in [0.15, 0.2) is 9.84 Å². The van der Waals surface area contributed by atoms with Gasteiger partial charge in [-0.25, -0.2) is 23.4 Å². The van der Waals surface area contributed by atoms with E-state index in [4.69, 9.17) is 0 Å².